The van der Waals surface area contributed by atoms with E-state index in [-0.39, 0.29) is 0 Å². The molecule has 0 saturated carbocycles. The van der Waals surface area contributed by atoms with E-state index in [0.29, 0.717) is 0 Å². The first-order valence-corrected chi connectivity index (χ1v) is 8.54. The summed E-state index contributed by atoms with van der Waals surface area (Å²) in [6.07, 6.45) is 6.55. The maximum atomic E-state index is 3.61. The van der Waals surface area contributed by atoms with Gasteiger partial charge in [0.1, 0.15) is 0 Å². The summed E-state index contributed by atoms with van der Waals surface area (Å²) in [4.78, 5) is 0. The first-order chi connectivity index (χ1) is 6.74. The Morgan fingerprint density at radius 3 is 2.50 bits per heavy atom. The molecule has 0 unspecified atom stereocenters. The molecule has 0 nitrogen and oxygen atoms in total. The second-order valence-electron chi connectivity index (χ2n) is 3.20. The molecule has 1 aromatic heterocycles. The van der Waals surface area contributed by atoms with Crippen LogP contribution < -0.4 is 0 Å². The van der Waals surface area contributed by atoms with Crippen LogP contribution in [0.5, 0.6) is 0 Å². The second-order valence-corrected chi connectivity index (χ2v) is 8.26. The van der Waals surface area contributed by atoms with E-state index in [1.54, 1.807) is 0 Å². The summed E-state index contributed by atoms with van der Waals surface area (Å²) >= 11 is 11.3. The van der Waals surface area contributed by atoms with Crippen LogP contribution in [0.25, 0.3) is 0 Å². The number of hydrogen-bond donors (Lipinski definition) is 0. The number of rotatable bonds is 6. The molecule has 4 heteroatoms. The lowest BCUT2D eigenvalue weighted by molar-refractivity contribution is 0.671. The van der Waals surface area contributed by atoms with E-state index < -0.39 is 0 Å². The van der Waals surface area contributed by atoms with Crippen LogP contribution in [0.1, 0.15) is 31.2 Å². The van der Waals surface area contributed by atoms with Crippen LogP contribution >= 0.6 is 65.8 Å². The summed E-state index contributed by atoms with van der Waals surface area (Å²) in [7, 11) is 0. The second kappa shape index (κ2) is 7.63. The summed E-state index contributed by atoms with van der Waals surface area (Å²) in [6.45, 7) is 0. The normalized spacial score (nSPS) is 10.8. The number of unbranched alkanes of at least 4 members (excludes halogenated alkanes) is 3. The highest BCUT2D eigenvalue weighted by Crippen LogP contribution is 2.30. The van der Waals surface area contributed by atoms with Crippen LogP contribution in [0.2, 0.25) is 0 Å². The maximum absolute atomic E-state index is 3.61. The Labute approximate surface area is 120 Å². The van der Waals surface area contributed by atoms with Crippen molar-refractivity contribution in [3.63, 3.8) is 0 Å². The van der Waals surface area contributed by atoms with Crippen molar-refractivity contribution in [3.05, 3.63) is 18.3 Å². The predicted octanol–water partition coefficient (Wildman–Crippen LogP) is 5.61. The smallest absolute Gasteiger partial charge is 0.0741 e. The van der Waals surface area contributed by atoms with Gasteiger partial charge in [-0.05, 0) is 69.4 Å². The quantitative estimate of drug-likeness (QED) is 0.299. The first-order valence-electron chi connectivity index (χ1n) is 4.73. The Hall–Kier alpha value is 1.39. The molecule has 0 amide bonds. The van der Waals surface area contributed by atoms with Gasteiger partial charge in [0.15, 0.2) is 0 Å². The summed E-state index contributed by atoms with van der Waals surface area (Å²) in [5.41, 5.74) is 1.48. The summed E-state index contributed by atoms with van der Waals surface area (Å²) in [5, 5.41) is 1.15. The van der Waals surface area contributed by atoms with E-state index in [0.717, 1.165) is 5.33 Å². The Morgan fingerprint density at radius 2 is 1.93 bits per heavy atom. The molecular weight excluding hydrogens is 439 g/mol. The summed E-state index contributed by atoms with van der Waals surface area (Å²) in [6, 6.07) is 2.29. The van der Waals surface area contributed by atoms with Gasteiger partial charge in [-0.3, -0.25) is 0 Å². The highest BCUT2D eigenvalue weighted by molar-refractivity contribution is 14.1. The van der Waals surface area contributed by atoms with Crippen LogP contribution in [0.3, 0.4) is 0 Å². The third-order valence-corrected chi connectivity index (χ3v) is 5.34. The highest BCUT2D eigenvalue weighted by atomic mass is 127. The van der Waals surface area contributed by atoms with E-state index in [1.165, 1.54) is 44.3 Å². The molecule has 0 aromatic carbocycles. The van der Waals surface area contributed by atoms with Crippen molar-refractivity contribution in [3.8, 4) is 0 Å². The SMILES string of the molecule is BrCCCCCCc1cc(I)sc1Br. The number of halogens is 3. The Morgan fingerprint density at radius 1 is 1.21 bits per heavy atom. The van der Waals surface area contributed by atoms with Crippen LogP contribution in [0, 0.1) is 2.88 Å². The average Bonchev–Trinajstić information content (AvgIpc) is 2.45. The van der Waals surface area contributed by atoms with Crippen molar-refractivity contribution in [2.75, 3.05) is 5.33 Å². The Kier molecular flexibility index (Phi) is 7.33. The van der Waals surface area contributed by atoms with Gasteiger partial charge in [-0.15, -0.1) is 11.3 Å². The monoisotopic (exact) mass is 450 g/mol. The molecular formula is C10H13Br2IS. The molecule has 0 radical (unpaired) electrons. The van der Waals surface area contributed by atoms with E-state index in [9.17, 15) is 0 Å². The Bertz CT molecular complexity index is 273. The highest BCUT2D eigenvalue weighted by Gasteiger charge is 2.04. The zero-order valence-electron chi connectivity index (χ0n) is 7.86. The zero-order chi connectivity index (χ0) is 10.4. The van der Waals surface area contributed by atoms with Gasteiger partial charge in [-0.25, -0.2) is 0 Å². The topological polar surface area (TPSA) is 0 Å². The van der Waals surface area contributed by atoms with Crippen LogP contribution in [-0.4, -0.2) is 5.33 Å². The number of hydrogen-bond acceptors (Lipinski definition) is 1. The molecule has 0 aliphatic heterocycles. The molecule has 1 aromatic rings. The molecule has 0 N–H and O–H groups in total. The fourth-order valence-corrected chi connectivity index (χ4v) is 5.15. The van der Waals surface area contributed by atoms with Crippen molar-refractivity contribution < 1.29 is 0 Å². The van der Waals surface area contributed by atoms with Crippen molar-refractivity contribution in [2.24, 2.45) is 0 Å². The summed E-state index contributed by atoms with van der Waals surface area (Å²) in [5.74, 6) is 0. The molecule has 0 aliphatic rings. The fraction of sp³-hybridized carbons (Fsp3) is 0.600. The zero-order valence-corrected chi connectivity index (χ0v) is 14.0. The van der Waals surface area contributed by atoms with E-state index in [1.807, 2.05) is 11.3 Å². The number of thiophene rings is 1. The number of aryl methyl sites for hydroxylation is 1. The van der Waals surface area contributed by atoms with Crippen LogP contribution in [0.15, 0.2) is 9.85 Å². The maximum Gasteiger partial charge on any atom is 0.0741 e. The van der Waals surface area contributed by atoms with Gasteiger partial charge in [0.25, 0.3) is 0 Å². The van der Waals surface area contributed by atoms with Crippen LogP contribution in [0.4, 0.5) is 0 Å². The lowest BCUT2D eigenvalue weighted by Crippen LogP contribution is -1.84. The van der Waals surface area contributed by atoms with Crippen molar-refractivity contribution in [2.45, 2.75) is 32.1 Å². The Balaban J connectivity index is 2.21. The van der Waals surface area contributed by atoms with Gasteiger partial charge in [0.2, 0.25) is 0 Å². The molecule has 1 rings (SSSR count). The van der Waals surface area contributed by atoms with E-state index in [4.69, 9.17) is 0 Å². The van der Waals surface area contributed by atoms with Crippen molar-refractivity contribution in [1.82, 2.24) is 0 Å². The van der Waals surface area contributed by atoms with Gasteiger partial charge in [-0.1, -0.05) is 28.8 Å². The molecule has 0 fully saturated rings. The molecule has 0 atom stereocenters. The third kappa shape index (κ3) is 4.94. The van der Waals surface area contributed by atoms with Gasteiger partial charge in [0, 0.05) is 5.33 Å². The molecule has 80 valence electrons. The minimum absolute atomic E-state index is 1.15. The average molecular weight is 452 g/mol. The first kappa shape index (κ1) is 13.5. The van der Waals surface area contributed by atoms with E-state index >= 15 is 0 Å². The molecule has 0 saturated heterocycles. The van der Waals surface area contributed by atoms with E-state index in [2.05, 4.69) is 60.5 Å². The molecule has 0 aliphatic carbocycles. The predicted molar refractivity (Wildman–Crippen MR) is 80.7 cm³/mol. The summed E-state index contributed by atoms with van der Waals surface area (Å²) < 4.78 is 2.70. The molecule has 0 spiro atoms. The van der Waals surface area contributed by atoms with Gasteiger partial charge >= 0.3 is 0 Å². The third-order valence-electron chi connectivity index (χ3n) is 2.06. The largest absolute Gasteiger partial charge is 0.122 e. The minimum Gasteiger partial charge on any atom is -0.122 e. The van der Waals surface area contributed by atoms with Gasteiger partial charge in [-0.2, -0.15) is 0 Å². The van der Waals surface area contributed by atoms with Crippen LogP contribution in [-0.2, 0) is 6.42 Å². The number of alkyl halides is 1. The molecule has 0 bridgehead atoms. The fourth-order valence-electron chi connectivity index (χ4n) is 1.31. The van der Waals surface area contributed by atoms with Gasteiger partial charge in [0.05, 0.1) is 6.67 Å². The van der Waals surface area contributed by atoms with Crippen molar-refractivity contribution in [1.29, 1.82) is 0 Å². The van der Waals surface area contributed by atoms with Gasteiger partial charge < -0.3 is 0 Å². The minimum atomic E-state index is 1.15. The lowest BCUT2D eigenvalue weighted by atomic mass is 10.1. The molecule has 1 heterocycles. The lowest BCUT2D eigenvalue weighted by Gasteiger charge is -1.99. The molecule has 14 heavy (non-hydrogen) atoms. The standard InChI is InChI=1S/C10H13Br2IS/c11-6-4-2-1-3-5-8-7-9(13)14-10(8)12/h7H,1-6H2. The van der Waals surface area contributed by atoms with Crippen molar-refractivity contribution >= 4 is 65.8 Å².